The summed E-state index contributed by atoms with van der Waals surface area (Å²) in [5.41, 5.74) is 0. The average Bonchev–Trinajstić information content (AvgIpc) is 1.67. The van der Waals surface area contributed by atoms with Crippen molar-refractivity contribution >= 4 is 23.1 Å². The Morgan fingerprint density at radius 1 is 1.67 bits per heavy atom. The van der Waals surface area contributed by atoms with Crippen LogP contribution in [0.2, 0.25) is 0 Å². The SMILES string of the molecule is CCCC(=O)C([O-])=S.[Na+]. The van der Waals surface area contributed by atoms with E-state index in [0.29, 0.717) is 12.8 Å². The molecule has 0 saturated heterocycles. The van der Waals surface area contributed by atoms with Gasteiger partial charge in [0.25, 0.3) is 0 Å². The monoisotopic (exact) mass is 154 g/mol. The summed E-state index contributed by atoms with van der Waals surface area (Å²) in [5, 5.41) is 9.26. The molecule has 46 valence electrons. The number of ketones is 1. The van der Waals surface area contributed by atoms with Crippen molar-refractivity contribution < 1.29 is 39.5 Å². The van der Waals surface area contributed by atoms with E-state index in [1.54, 1.807) is 0 Å². The molecule has 0 fully saturated rings. The van der Waals surface area contributed by atoms with Crippen LogP contribution in [0.4, 0.5) is 0 Å². The molecule has 0 radical (unpaired) electrons. The van der Waals surface area contributed by atoms with E-state index in [1.165, 1.54) is 0 Å². The van der Waals surface area contributed by atoms with Gasteiger partial charge in [-0.2, -0.15) is 0 Å². The Kier molecular flexibility index (Phi) is 9.09. The molecule has 4 heteroatoms. The van der Waals surface area contributed by atoms with E-state index in [4.69, 9.17) is 0 Å². The summed E-state index contributed by atoms with van der Waals surface area (Å²) in [6, 6.07) is 0. The number of carbonyl (C=O) groups is 1. The van der Waals surface area contributed by atoms with Gasteiger partial charge in [-0.25, -0.2) is 0 Å². The van der Waals surface area contributed by atoms with Gasteiger partial charge in [-0.05, 0) is 6.42 Å². The van der Waals surface area contributed by atoms with E-state index in [2.05, 4.69) is 12.2 Å². The van der Waals surface area contributed by atoms with E-state index in [-0.39, 0.29) is 29.6 Å². The molecule has 0 aromatic carbocycles. The van der Waals surface area contributed by atoms with Gasteiger partial charge in [-0.15, -0.1) is 0 Å². The van der Waals surface area contributed by atoms with E-state index in [0.717, 1.165) is 0 Å². The second kappa shape index (κ2) is 6.68. The van der Waals surface area contributed by atoms with Crippen molar-refractivity contribution in [2.75, 3.05) is 0 Å². The maximum absolute atomic E-state index is 10.3. The summed E-state index contributed by atoms with van der Waals surface area (Å²) in [5.74, 6) is -0.442. The molecule has 0 aromatic heterocycles. The summed E-state index contributed by atoms with van der Waals surface area (Å²) in [4.78, 5) is 10.3. The van der Waals surface area contributed by atoms with Crippen LogP contribution in [0.3, 0.4) is 0 Å². The van der Waals surface area contributed by atoms with Crippen LogP contribution in [-0.2, 0) is 4.79 Å². The largest absolute Gasteiger partial charge is 1.00 e. The third-order valence-electron chi connectivity index (χ3n) is 0.705. The third-order valence-corrected chi connectivity index (χ3v) is 0.932. The Hall–Kier alpha value is 0.560. The van der Waals surface area contributed by atoms with Gasteiger partial charge in [-0.3, -0.25) is 4.79 Å². The van der Waals surface area contributed by atoms with Crippen LogP contribution in [0.25, 0.3) is 0 Å². The van der Waals surface area contributed by atoms with Crippen LogP contribution in [0, 0.1) is 0 Å². The van der Waals surface area contributed by atoms with Crippen LogP contribution in [-0.4, -0.2) is 10.8 Å². The molecule has 2 nitrogen and oxygen atoms in total. The Balaban J connectivity index is 0. The molecule has 0 N–H and O–H groups in total. The van der Waals surface area contributed by atoms with E-state index >= 15 is 0 Å². The van der Waals surface area contributed by atoms with Gasteiger partial charge in [0.2, 0.25) is 0 Å². The minimum atomic E-state index is -0.744. The Bertz CT molecular complexity index is 114. The molecule has 0 heterocycles. The van der Waals surface area contributed by atoms with Gasteiger partial charge in [-0.1, -0.05) is 19.1 Å². The van der Waals surface area contributed by atoms with E-state index in [9.17, 15) is 9.90 Å². The van der Waals surface area contributed by atoms with Gasteiger partial charge in [0.15, 0.2) is 5.78 Å². The molecule has 0 atom stereocenters. The smallest absolute Gasteiger partial charge is 0.862 e. The number of thiocarbonyl (C=S) groups is 1. The molecule has 0 bridgehead atoms. The maximum atomic E-state index is 10.3. The predicted molar refractivity (Wildman–Crippen MR) is 32.5 cm³/mol. The Morgan fingerprint density at radius 2 is 2.11 bits per heavy atom. The van der Waals surface area contributed by atoms with Crippen LogP contribution < -0.4 is 34.7 Å². The van der Waals surface area contributed by atoms with Gasteiger partial charge in [0, 0.05) is 11.5 Å². The summed E-state index contributed by atoms with van der Waals surface area (Å²) in [6.07, 6.45) is 0.990. The topological polar surface area (TPSA) is 40.1 Å². The predicted octanol–water partition coefficient (Wildman–Crippen LogP) is -2.95. The molecule has 9 heavy (non-hydrogen) atoms. The number of carbonyl (C=O) groups excluding carboxylic acids is 1. The van der Waals surface area contributed by atoms with Crippen molar-refractivity contribution in [3.8, 4) is 0 Å². The quantitative estimate of drug-likeness (QED) is 0.322. The summed E-state index contributed by atoms with van der Waals surface area (Å²) in [6.45, 7) is 1.83. The molecule has 0 unspecified atom stereocenters. The van der Waals surface area contributed by atoms with Crippen molar-refractivity contribution in [3.63, 3.8) is 0 Å². The first kappa shape index (κ1) is 12.3. The molecule has 0 saturated carbocycles. The molecule has 0 rings (SSSR count). The van der Waals surface area contributed by atoms with Crippen molar-refractivity contribution in [3.05, 3.63) is 0 Å². The fraction of sp³-hybridized carbons (Fsp3) is 0.600. The summed E-state index contributed by atoms with van der Waals surface area (Å²) >= 11 is 4.08. The number of hydrogen-bond acceptors (Lipinski definition) is 3. The zero-order valence-corrected chi connectivity index (χ0v) is 8.46. The van der Waals surface area contributed by atoms with Gasteiger partial charge >= 0.3 is 29.6 Å². The molecular formula is C5H7NaO2S. The molecule has 0 aliphatic rings. The normalized spacial score (nSPS) is 7.67. The molecule has 0 aliphatic heterocycles. The van der Waals surface area contributed by atoms with Gasteiger partial charge in [0.1, 0.15) is 0 Å². The minimum Gasteiger partial charge on any atom is -0.862 e. The number of hydrogen-bond donors (Lipinski definition) is 0. The number of rotatable bonds is 3. The summed E-state index contributed by atoms with van der Waals surface area (Å²) in [7, 11) is 0. The first-order chi connectivity index (χ1) is 3.68. The average molecular weight is 154 g/mol. The van der Waals surface area contributed by atoms with Crippen LogP contribution >= 0.6 is 12.2 Å². The Morgan fingerprint density at radius 3 is 2.22 bits per heavy atom. The molecular weight excluding hydrogens is 147 g/mol. The summed E-state index contributed by atoms with van der Waals surface area (Å²) < 4.78 is 0. The van der Waals surface area contributed by atoms with Gasteiger partial charge < -0.3 is 5.11 Å². The zero-order valence-electron chi connectivity index (χ0n) is 5.64. The third kappa shape index (κ3) is 6.45. The van der Waals surface area contributed by atoms with Gasteiger partial charge in [0.05, 0.1) is 0 Å². The second-order valence-corrected chi connectivity index (χ2v) is 1.83. The van der Waals surface area contributed by atoms with Crippen molar-refractivity contribution in [2.24, 2.45) is 0 Å². The minimum absolute atomic E-state index is 0. The zero-order chi connectivity index (χ0) is 6.57. The first-order valence-electron chi connectivity index (χ1n) is 2.42. The van der Waals surface area contributed by atoms with Crippen LogP contribution in [0.5, 0.6) is 0 Å². The molecule has 0 aliphatic carbocycles. The van der Waals surface area contributed by atoms with Crippen molar-refractivity contribution in [1.29, 1.82) is 0 Å². The number of Topliss-reactive ketones (excluding diaryl/α,β-unsaturated/α-hetero) is 1. The second-order valence-electron chi connectivity index (χ2n) is 1.46. The fourth-order valence-electron chi connectivity index (χ4n) is 0.329. The fourth-order valence-corrected chi connectivity index (χ4v) is 0.431. The van der Waals surface area contributed by atoms with Crippen LogP contribution in [0.1, 0.15) is 19.8 Å². The molecule has 0 spiro atoms. The van der Waals surface area contributed by atoms with Crippen molar-refractivity contribution in [1.82, 2.24) is 0 Å². The maximum Gasteiger partial charge on any atom is 1.00 e. The Labute approximate surface area is 81.9 Å². The van der Waals surface area contributed by atoms with E-state index in [1.807, 2.05) is 6.92 Å². The van der Waals surface area contributed by atoms with E-state index < -0.39 is 10.8 Å². The first-order valence-corrected chi connectivity index (χ1v) is 2.83. The van der Waals surface area contributed by atoms with Crippen LogP contribution in [0.15, 0.2) is 0 Å². The molecule has 0 aromatic rings. The standard InChI is InChI=1S/C5H8O2S.Na/c1-2-3-4(6)5(7)8;/h2-3H2,1H3,(H,7,8);/q;+1/p-1. The molecule has 0 amide bonds. The van der Waals surface area contributed by atoms with Crippen molar-refractivity contribution in [2.45, 2.75) is 19.8 Å².